The highest BCUT2D eigenvalue weighted by Gasteiger charge is 2.04. The van der Waals surface area contributed by atoms with Crippen LogP contribution in [0.25, 0.3) is 0 Å². The molecule has 0 aliphatic carbocycles. The molecule has 6 nitrogen and oxygen atoms in total. The van der Waals surface area contributed by atoms with Crippen molar-refractivity contribution < 1.29 is 13.9 Å². The first-order valence-corrected chi connectivity index (χ1v) is 9.48. The maximum atomic E-state index is 13.7. The highest BCUT2D eigenvalue weighted by molar-refractivity contribution is 5.47. The van der Waals surface area contributed by atoms with Gasteiger partial charge in [-0.3, -0.25) is 0 Å². The van der Waals surface area contributed by atoms with Gasteiger partial charge in [-0.1, -0.05) is 18.2 Å². The zero-order valence-electron chi connectivity index (χ0n) is 16.6. The van der Waals surface area contributed by atoms with Gasteiger partial charge in [0.05, 0.1) is 13.7 Å². The van der Waals surface area contributed by atoms with Gasteiger partial charge in [0, 0.05) is 12.6 Å². The van der Waals surface area contributed by atoms with E-state index in [0.717, 1.165) is 11.5 Å². The van der Waals surface area contributed by atoms with Crippen molar-refractivity contribution in [1.29, 1.82) is 0 Å². The van der Waals surface area contributed by atoms with E-state index in [1.54, 1.807) is 19.2 Å². The van der Waals surface area contributed by atoms with E-state index in [9.17, 15) is 4.39 Å². The second-order valence-electron chi connectivity index (χ2n) is 6.40. The van der Waals surface area contributed by atoms with E-state index in [-0.39, 0.29) is 5.82 Å². The monoisotopic (exact) mass is 396 g/mol. The van der Waals surface area contributed by atoms with Crippen LogP contribution >= 0.6 is 0 Å². The summed E-state index contributed by atoms with van der Waals surface area (Å²) in [6, 6.07) is 16.1. The number of halogens is 1. The Hall–Kier alpha value is -3.35. The van der Waals surface area contributed by atoms with Crippen LogP contribution in [-0.4, -0.2) is 36.8 Å². The number of ether oxygens (including phenoxy) is 2. The standard InChI is InChI=1S/C22H25FN4O2/c1-16-26-21(24-12-11-17-5-3-4-6-20(17)23)15-22(27-16)25-13-14-29-19-9-7-18(28-2)8-10-19/h3-10,15H,11-14H2,1-2H3,(H2,24,25,26,27). The van der Waals surface area contributed by atoms with E-state index in [2.05, 4.69) is 20.6 Å². The third-order valence-corrected chi connectivity index (χ3v) is 4.23. The molecule has 0 atom stereocenters. The Balaban J connectivity index is 1.46. The van der Waals surface area contributed by atoms with Crippen LogP contribution in [0.3, 0.4) is 0 Å². The van der Waals surface area contributed by atoms with E-state index in [1.165, 1.54) is 6.07 Å². The lowest BCUT2D eigenvalue weighted by Crippen LogP contribution is -2.14. The lowest BCUT2D eigenvalue weighted by atomic mass is 10.1. The van der Waals surface area contributed by atoms with Crippen molar-refractivity contribution >= 4 is 11.6 Å². The van der Waals surface area contributed by atoms with Crippen LogP contribution in [0.15, 0.2) is 54.6 Å². The van der Waals surface area contributed by atoms with Gasteiger partial charge in [-0.15, -0.1) is 0 Å². The Morgan fingerprint density at radius 2 is 1.55 bits per heavy atom. The van der Waals surface area contributed by atoms with E-state index in [1.807, 2.05) is 43.3 Å². The average molecular weight is 396 g/mol. The molecular formula is C22H25FN4O2. The van der Waals surface area contributed by atoms with Crippen LogP contribution in [0.5, 0.6) is 11.5 Å². The highest BCUT2D eigenvalue weighted by Crippen LogP contribution is 2.17. The average Bonchev–Trinajstić information content (AvgIpc) is 2.73. The maximum absolute atomic E-state index is 13.7. The van der Waals surface area contributed by atoms with Crippen LogP contribution in [0.1, 0.15) is 11.4 Å². The van der Waals surface area contributed by atoms with Crippen molar-refractivity contribution in [2.45, 2.75) is 13.3 Å². The number of aryl methyl sites for hydroxylation is 1. The van der Waals surface area contributed by atoms with E-state index >= 15 is 0 Å². The molecule has 3 aromatic rings. The fourth-order valence-corrected chi connectivity index (χ4v) is 2.80. The van der Waals surface area contributed by atoms with E-state index in [4.69, 9.17) is 9.47 Å². The number of hydrogen-bond acceptors (Lipinski definition) is 6. The minimum Gasteiger partial charge on any atom is -0.497 e. The second-order valence-corrected chi connectivity index (χ2v) is 6.40. The molecule has 0 aliphatic rings. The summed E-state index contributed by atoms with van der Waals surface area (Å²) in [5.74, 6) is 3.45. The summed E-state index contributed by atoms with van der Waals surface area (Å²) >= 11 is 0. The summed E-state index contributed by atoms with van der Waals surface area (Å²) in [5, 5.41) is 6.46. The SMILES string of the molecule is COc1ccc(OCCNc2cc(NCCc3ccccc3F)nc(C)n2)cc1. The predicted molar refractivity (Wildman–Crippen MR) is 112 cm³/mol. The van der Waals surface area contributed by atoms with E-state index < -0.39 is 0 Å². The Morgan fingerprint density at radius 1 is 0.897 bits per heavy atom. The van der Waals surface area contributed by atoms with Crippen LogP contribution in [0.2, 0.25) is 0 Å². The fourth-order valence-electron chi connectivity index (χ4n) is 2.80. The van der Waals surface area contributed by atoms with Gasteiger partial charge in [0.2, 0.25) is 0 Å². The molecular weight excluding hydrogens is 371 g/mol. The molecule has 0 spiro atoms. The molecule has 2 N–H and O–H groups in total. The molecule has 29 heavy (non-hydrogen) atoms. The second kappa shape index (κ2) is 10.3. The molecule has 0 fully saturated rings. The molecule has 3 rings (SSSR count). The Bertz CT molecular complexity index is 919. The van der Waals surface area contributed by atoms with Gasteiger partial charge < -0.3 is 20.1 Å². The topological polar surface area (TPSA) is 68.3 Å². The smallest absolute Gasteiger partial charge is 0.131 e. The number of methoxy groups -OCH3 is 1. The van der Waals surface area contributed by atoms with Crippen LogP contribution in [0.4, 0.5) is 16.0 Å². The number of nitrogens with zero attached hydrogens (tertiary/aromatic N) is 2. The quantitative estimate of drug-likeness (QED) is 0.504. The molecule has 1 heterocycles. The normalized spacial score (nSPS) is 10.4. The highest BCUT2D eigenvalue weighted by atomic mass is 19.1. The predicted octanol–water partition coefficient (Wildman–Crippen LogP) is 4.08. The first kappa shape index (κ1) is 20.4. The molecule has 0 bridgehead atoms. The summed E-state index contributed by atoms with van der Waals surface area (Å²) in [5.41, 5.74) is 0.680. The molecule has 1 aromatic heterocycles. The van der Waals surface area contributed by atoms with Gasteiger partial charge in [-0.05, 0) is 49.2 Å². The Labute approximate surface area is 170 Å². The summed E-state index contributed by atoms with van der Waals surface area (Å²) < 4.78 is 24.5. The number of rotatable bonds is 10. The first-order valence-electron chi connectivity index (χ1n) is 9.48. The zero-order valence-corrected chi connectivity index (χ0v) is 16.6. The van der Waals surface area contributed by atoms with Gasteiger partial charge in [0.25, 0.3) is 0 Å². The lowest BCUT2D eigenvalue weighted by molar-refractivity contribution is 0.331. The van der Waals surface area contributed by atoms with Gasteiger partial charge in [-0.2, -0.15) is 0 Å². The fraction of sp³-hybridized carbons (Fsp3) is 0.273. The van der Waals surface area contributed by atoms with Crippen LogP contribution < -0.4 is 20.1 Å². The number of benzene rings is 2. The summed E-state index contributed by atoms with van der Waals surface area (Å²) in [6.45, 7) is 3.50. The number of hydrogen-bond donors (Lipinski definition) is 2. The summed E-state index contributed by atoms with van der Waals surface area (Å²) in [6.07, 6.45) is 0.578. The van der Waals surface area contributed by atoms with Crippen molar-refractivity contribution in [3.8, 4) is 11.5 Å². The molecule has 0 amide bonds. The summed E-state index contributed by atoms with van der Waals surface area (Å²) in [7, 11) is 1.63. The van der Waals surface area contributed by atoms with Crippen molar-refractivity contribution in [2.24, 2.45) is 0 Å². The number of aromatic nitrogens is 2. The Kier molecular flexibility index (Phi) is 7.22. The van der Waals surface area contributed by atoms with Crippen LogP contribution in [-0.2, 0) is 6.42 Å². The van der Waals surface area contributed by atoms with Crippen molar-refractivity contribution in [1.82, 2.24) is 9.97 Å². The third-order valence-electron chi connectivity index (χ3n) is 4.23. The number of anilines is 2. The molecule has 0 unspecified atom stereocenters. The lowest BCUT2D eigenvalue weighted by Gasteiger charge is -2.11. The summed E-state index contributed by atoms with van der Waals surface area (Å²) in [4.78, 5) is 8.77. The molecule has 7 heteroatoms. The van der Waals surface area contributed by atoms with E-state index in [0.29, 0.717) is 49.1 Å². The van der Waals surface area contributed by atoms with Crippen molar-refractivity contribution in [2.75, 3.05) is 37.4 Å². The molecule has 0 aliphatic heterocycles. The van der Waals surface area contributed by atoms with Crippen LogP contribution in [0, 0.1) is 12.7 Å². The molecule has 152 valence electrons. The Morgan fingerprint density at radius 3 is 2.24 bits per heavy atom. The minimum absolute atomic E-state index is 0.188. The first-order chi connectivity index (χ1) is 14.1. The van der Waals surface area contributed by atoms with Gasteiger partial charge in [-0.25, -0.2) is 14.4 Å². The zero-order chi connectivity index (χ0) is 20.5. The molecule has 0 saturated heterocycles. The molecule has 0 saturated carbocycles. The minimum atomic E-state index is -0.188. The third kappa shape index (κ3) is 6.34. The largest absolute Gasteiger partial charge is 0.497 e. The molecule has 2 aromatic carbocycles. The maximum Gasteiger partial charge on any atom is 0.131 e. The van der Waals surface area contributed by atoms with Gasteiger partial charge in [0.15, 0.2) is 0 Å². The van der Waals surface area contributed by atoms with Gasteiger partial charge >= 0.3 is 0 Å². The van der Waals surface area contributed by atoms with Crippen molar-refractivity contribution in [3.63, 3.8) is 0 Å². The van der Waals surface area contributed by atoms with Gasteiger partial charge in [0.1, 0.15) is 41.4 Å². The molecule has 0 radical (unpaired) electrons. The number of nitrogens with one attached hydrogen (secondary N) is 2. The van der Waals surface area contributed by atoms with Crippen molar-refractivity contribution in [3.05, 3.63) is 71.8 Å².